The summed E-state index contributed by atoms with van der Waals surface area (Å²) < 4.78 is 10.7. The lowest BCUT2D eigenvalue weighted by Crippen LogP contribution is -2.32. The molecule has 1 rings (SSSR count). The maximum absolute atomic E-state index is 12.5. The van der Waals surface area contributed by atoms with Crippen LogP contribution < -0.4 is 14.8 Å². The van der Waals surface area contributed by atoms with Crippen LogP contribution in [0.25, 0.3) is 0 Å². The molecule has 1 aromatic carbocycles. The number of rotatable bonds is 8. The van der Waals surface area contributed by atoms with E-state index in [0.29, 0.717) is 30.0 Å². The smallest absolute Gasteiger partial charge is 0.253 e. The molecule has 1 amide bonds. The second kappa shape index (κ2) is 10.1. The third kappa shape index (κ3) is 4.93. The topological polar surface area (TPSA) is 50.8 Å². The van der Waals surface area contributed by atoms with Crippen molar-refractivity contribution in [1.29, 1.82) is 0 Å². The van der Waals surface area contributed by atoms with Crippen LogP contribution in [0.4, 0.5) is 0 Å². The highest BCUT2D eigenvalue weighted by Gasteiger charge is 2.17. The molecule has 22 heavy (non-hydrogen) atoms. The minimum Gasteiger partial charge on any atom is -0.493 e. The van der Waals surface area contributed by atoms with Gasteiger partial charge in [-0.1, -0.05) is 6.08 Å². The Morgan fingerprint density at radius 1 is 1.36 bits per heavy atom. The van der Waals surface area contributed by atoms with Crippen LogP contribution in [0, 0.1) is 0 Å². The molecule has 0 saturated carbocycles. The van der Waals surface area contributed by atoms with Gasteiger partial charge in [0.05, 0.1) is 14.2 Å². The van der Waals surface area contributed by atoms with Gasteiger partial charge >= 0.3 is 0 Å². The zero-order valence-electron chi connectivity index (χ0n) is 13.6. The molecule has 5 nitrogen and oxygen atoms in total. The molecule has 0 heterocycles. The van der Waals surface area contributed by atoms with Crippen molar-refractivity contribution >= 4 is 18.3 Å². The number of allylic oxidation sites excluding steroid dienone is 1. The summed E-state index contributed by atoms with van der Waals surface area (Å²) in [4.78, 5) is 14.1. The second-order valence-corrected chi connectivity index (χ2v) is 4.69. The van der Waals surface area contributed by atoms with E-state index in [-0.39, 0.29) is 18.3 Å². The highest BCUT2D eigenvalue weighted by molar-refractivity contribution is 5.95. The number of nitrogens with zero attached hydrogens (tertiary/aromatic N) is 1. The molecule has 0 aliphatic rings. The van der Waals surface area contributed by atoms with E-state index in [0.717, 1.165) is 12.1 Å². The molecule has 0 radical (unpaired) electrons. The van der Waals surface area contributed by atoms with Crippen LogP contribution in [0.5, 0.6) is 11.5 Å². The van der Waals surface area contributed by atoms with Gasteiger partial charge in [-0.3, -0.25) is 4.79 Å². The lowest BCUT2D eigenvalue weighted by atomic mass is 10.0. The average Bonchev–Trinajstić information content (AvgIpc) is 2.51. The fourth-order valence-electron chi connectivity index (χ4n) is 2.08. The van der Waals surface area contributed by atoms with Crippen LogP contribution in [-0.2, 0) is 6.42 Å². The molecule has 0 unspecified atom stereocenters. The zero-order valence-corrected chi connectivity index (χ0v) is 14.5. The lowest BCUT2D eigenvalue weighted by Gasteiger charge is -2.19. The zero-order chi connectivity index (χ0) is 15.8. The van der Waals surface area contributed by atoms with Crippen molar-refractivity contribution in [2.75, 3.05) is 41.4 Å². The Balaban J connectivity index is 0.00000441. The summed E-state index contributed by atoms with van der Waals surface area (Å²) in [5.74, 6) is 1.16. The van der Waals surface area contributed by atoms with Gasteiger partial charge in [0, 0.05) is 31.3 Å². The molecule has 1 aromatic rings. The summed E-state index contributed by atoms with van der Waals surface area (Å²) in [7, 11) is 6.79. The van der Waals surface area contributed by atoms with Crippen molar-refractivity contribution in [2.24, 2.45) is 0 Å². The number of hydrogen-bond acceptors (Lipinski definition) is 4. The SMILES string of the molecule is C=CCc1cc(C(=O)N(C)CCNC)cc(OC)c1OC.Cl. The maximum Gasteiger partial charge on any atom is 0.253 e. The molecule has 1 N–H and O–H groups in total. The molecule has 0 aliphatic carbocycles. The Morgan fingerprint density at radius 2 is 2.05 bits per heavy atom. The minimum atomic E-state index is -0.0449. The van der Waals surface area contributed by atoms with Gasteiger partial charge in [-0.2, -0.15) is 0 Å². The Hall–Kier alpha value is -1.72. The van der Waals surface area contributed by atoms with E-state index < -0.39 is 0 Å². The predicted molar refractivity (Wildman–Crippen MR) is 91.6 cm³/mol. The van der Waals surface area contributed by atoms with Gasteiger partial charge in [0.15, 0.2) is 11.5 Å². The first-order chi connectivity index (χ1) is 10.1. The number of hydrogen-bond donors (Lipinski definition) is 1. The molecule has 6 heteroatoms. The van der Waals surface area contributed by atoms with Gasteiger partial charge in [0.25, 0.3) is 5.91 Å². The number of nitrogens with one attached hydrogen (secondary N) is 1. The van der Waals surface area contributed by atoms with E-state index in [4.69, 9.17) is 9.47 Å². The van der Waals surface area contributed by atoms with Crippen molar-refractivity contribution in [3.63, 3.8) is 0 Å². The van der Waals surface area contributed by atoms with Crippen molar-refractivity contribution in [3.8, 4) is 11.5 Å². The maximum atomic E-state index is 12.5. The molecule has 0 fully saturated rings. The Bertz CT molecular complexity index is 506. The number of ether oxygens (including phenoxy) is 2. The number of carbonyl (C=O) groups is 1. The highest BCUT2D eigenvalue weighted by Crippen LogP contribution is 2.33. The lowest BCUT2D eigenvalue weighted by molar-refractivity contribution is 0.0796. The molecular formula is C16H25ClN2O3. The van der Waals surface area contributed by atoms with Gasteiger partial charge in [-0.25, -0.2) is 0 Å². The molecule has 0 aliphatic heterocycles. The Labute approximate surface area is 138 Å². The standard InChI is InChI=1S/C16H24N2O3.ClH/c1-6-7-12-10-13(11-14(20-4)15(12)21-5)16(19)18(3)9-8-17-2;/h6,10-11,17H,1,7-9H2,2-5H3;1H. The van der Waals surface area contributed by atoms with Gasteiger partial charge in [-0.05, 0) is 25.6 Å². The predicted octanol–water partition coefficient (Wildman–Crippen LogP) is 2.15. The fourth-order valence-corrected chi connectivity index (χ4v) is 2.08. The van der Waals surface area contributed by atoms with E-state index in [1.807, 2.05) is 13.1 Å². The average molecular weight is 329 g/mol. The van der Waals surface area contributed by atoms with Crippen LogP contribution >= 0.6 is 12.4 Å². The first kappa shape index (κ1) is 20.3. The van der Waals surface area contributed by atoms with E-state index >= 15 is 0 Å². The van der Waals surface area contributed by atoms with Crippen LogP contribution in [0.3, 0.4) is 0 Å². The van der Waals surface area contributed by atoms with Crippen LogP contribution in [0.1, 0.15) is 15.9 Å². The van der Waals surface area contributed by atoms with Crippen LogP contribution in [0.15, 0.2) is 24.8 Å². The first-order valence-electron chi connectivity index (χ1n) is 6.84. The monoisotopic (exact) mass is 328 g/mol. The number of carbonyl (C=O) groups excluding carboxylic acids is 1. The second-order valence-electron chi connectivity index (χ2n) is 4.69. The van der Waals surface area contributed by atoms with E-state index in [1.54, 1.807) is 38.3 Å². The summed E-state index contributed by atoms with van der Waals surface area (Å²) in [6, 6.07) is 3.55. The van der Waals surface area contributed by atoms with Crippen molar-refractivity contribution in [2.45, 2.75) is 6.42 Å². The summed E-state index contributed by atoms with van der Waals surface area (Å²) in [5, 5.41) is 3.03. The Morgan fingerprint density at radius 3 is 2.55 bits per heavy atom. The molecule has 0 atom stereocenters. The summed E-state index contributed by atoms with van der Waals surface area (Å²) >= 11 is 0. The van der Waals surface area contributed by atoms with Gasteiger partial charge in [-0.15, -0.1) is 19.0 Å². The van der Waals surface area contributed by atoms with Gasteiger partial charge in [0.2, 0.25) is 0 Å². The highest BCUT2D eigenvalue weighted by atomic mass is 35.5. The molecule has 124 valence electrons. The summed E-state index contributed by atoms with van der Waals surface area (Å²) in [5.41, 5.74) is 1.47. The minimum absolute atomic E-state index is 0. The van der Waals surface area contributed by atoms with E-state index in [1.165, 1.54) is 0 Å². The molecule has 0 saturated heterocycles. The molecule has 0 bridgehead atoms. The number of amides is 1. The summed E-state index contributed by atoms with van der Waals surface area (Å²) in [6.07, 6.45) is 2.39. The number of benzene rings is 1. The largest absolute Gasteiger partial charge is 0.493 e. The van der Waals surface area contributed by atoms with Crippen LogP contribution in [-0.4, -0.2) is 52.2 Å². The molecular weight excluding hydrogens is 304 g/mol. The van der Waals surface area contributed by atoms with Crippen molar-refractivity contribution < 1.29 is 14.3 Å². The summed E-state index contributed by atoms with van der Waals surface area (Å²) in [6.45, 7) is 5.12. The number of halogens is 1. The van der Waals surface area contributed by atoms with E-state index in [9.17, 15) is 4.79 Å². The van der Waals surface area contributed by atoms with E-state index in [2.05, 4.69) is 11.9 Å². The first-order valence-corrected chi connectivity index (χ1v) is 6.84. The van der Waals surface area contributed by atoms with Crippen molar-refractivity contribution in [3.05, 3.63) is 35.9 Å². The Kier molecular flexibility index (Phi) is 9.29. The van der Waals surface area contributed by atoms with Gasteiger partial charge in [0.1, 0.15) is 0 Å². The fraction of sp³-hybridized carbons (Fsp3) is 0.438. The molecule has 0 aromatic heterocycles. The quantitative estimate of drug-likeness (QED) is 0.743. The third-order valence-corrected chi connectivity index (χ3v) is 3.21. The normalized spacial score (nSPS) is 9.64. The number of likely N-dealkylation sites (N-methyl/N-ethyl adjacent to an activating group) is 2. The number of methoxy groups -OCH3 is 2. The molecule has 0 spiro atoms. The van der Waals surface area contributed by atoms with Crippen molar-refractivity contribution in [1.82, 2.24) is 10.2 Å². The van der Waals surface area contributed by atoms with Crippen LogP contribution in [0.2, 0.25) is 0 Å². The third-order valence-electron chi connectivity index (χ3n) is 3.21. The van der Waals surface area contributed by atoms with Gasteiger partial charge < -0.3 is 19.7 Å².